The Hall–Kier alpha value is -1.72. The molecule has 2 heterocycles. The van der Waals surface area contributed by atoms with E-state index in [1.807, 2.05) is 25.1 Å². The lowest BCUT2D eigenvalue weighted by Crippen LogP contribution is -2.36. The van der Waals surface area contributed by atoms with E-state index in [4.69, 9.17) is 4.74 Å². The van der Waals surface area contributed by atoms with Crippen molar-refractivity contribution in [3.63, 3.8) is 0 Å². The standard InChI is InChI=1S/C16H22N4O/c1-3-9-17-15-11-21-10-14(15)16-19-18-12(2)20(16)13-7-5-4-6-8-13/h4-8,14-15,17H,3,9-11H2,1-2H3. The molecule has 112 valence electrons. The van der Waals surface area contributed by atoms with Crippen LogP contribution in [0.3, 0.4) is 0 Å². The van der Waals surface area contributed by atoms with Gasteiger partial charge >= 0.3 is 0 Å². The van der Waals surface area contributed by atoms with Crippen molar-refractivity contribution in [1.82, 2.24) is 20.1 Å². The molecule has 5 nitrogen and oxygen atoms in total. The second-order valence-corrected chi connectivity index (χ2v) is 5.48. The highest BCUT2D eigenvalue weighted by Gasteiger charge is 2.33. The number of aromatic nitrogens is 3. The molecule has 21 heavy (non-hydrogen) atoms. The van der Waals surface area contributed by atoms with Crippen LogP contribution >= 0.6 is 0 Å². The van der Waals surface area contributed by atoms with Crippen molar-refractivity contribution in [1.29, 1.82) is 0 Å². The molecule has 0 spiro atoms. The first kappa shape index (κ1) is 14.2. The molecule has 2 unspecified atom stereocenters. The van der Waals surface area contributed by atoms with E-state index in [-0.39, 0.29) is 5.92 Å². The molecule has 1 saturated heterocycles. The predicted octanol–water partition coefficient (Wildman–Crippen LogP) is 2.06. The van der Waals surface area contributed by atoms with Crippen molar-refractivity contribution in [2.75, 3.05) is 19.8 Å². The lowest BCUT2D eigenvalue weighted by molar-refractivity contribution is 0.187. The molecule has 1 aliphatic rings. The van der Waals surface area contributed by atoms with Crippen LogP contribution in [0.25, 0.3) is 5.69 Å². The van der Waals surface area contributed by atoms with Crippen LogP contribution < -0.4 is 5.32 Å². The molecule has 1 aromatic heterocycles. The Morgan fingerprint density at radius 2 is 2.05 bits per heavy atom. The zero-order valence-electron chi connectivity index (χ0n) is 12.6. The third-order valence-electron chi connectivity index (χ3n) is 3.93. The van der Waals surface area contributed by atoms with Crippen LogP contribution in [0.15, 0.2) is 30.3 Å². The van der Waals surface area contributed by atoms with E-state index in [1.165, 1.54) is 0 Å². The zero-order valence-corrected chi connectivity index (χ0v) is 12.6. The first-order valence-electron chi connectivity index (χ1n) is 7.59. The molecule has 1 aromatic carbocycles. The van der Waals surface area contributed by atoms with E-state index in [0.717, 1.165) is 36.9 Å². The van der Waals surface area contributed by atoms with Gasteiger partial charge in [-0.25, -0.2) is 0 Å². The second kappa shape index (κ2) is 6.37. The van der Waals surface area contributed by atoms with Crippen LogP contribution in [-0.4, -0.2) is 40.6 Å². The van der Waals surface area contributed by atoms with Crippen LogP contribution in [0.1, 0.15) is 30.9 Å². The minimum Gasteiger partial charge on any atom is -0.379 e. The summed E-state index contributed by atoms with van der Waals surface area (Å²) in [5.41, 5.74) is 1.11. The lowest BCUT2D eigenvalue weighted by Gasteiger charge is -2.19. The molecule has 5 heteroatoms. The topological polar surface area (TPSA) is 52.0 Å². The van der Waals surface area contributed by atoms with Gasteiger partial charge in [-0.2, -0.15) is 0 Å². The minimum atomic E-state index is 0.248. The summed E-state index contributed by atoms with van der Waals surface area (Å²) in [6, 6.07) is 10.6. The Labute approximate surface area is 125 Å². The number of para-hydroxylation sites is 1. The van der Waals surface area contributed by atoms with E-state index >= 15 is 0 Å². The summed E-state index contributed by atoms with van der Waals surface area (Å²) in [6.07, 6.45) is 1.12. The SMILES string of the molecule is CCCNC1COCC1c1nnc(C)n1-c1ccccc1. The number of rotatable bonds is 5. The third kappa shape index (κ3) is 2.84. The lowest BCUT2D eigenvalue weighted by atomic mass is 10.0. The summed E-state index contributed by atoms with van der Waals surface area (Å²) in [5.74, 6) is 2.15. The number of benzene rings is 1. The number of aryl methyl sites for hydroxylation is 1. The van der Waals surface area contributed by atoms with E-state index in [9.17, 15) is 0 Å². The van der Waals surface area contributed by atoms with E-state index in [2.05, 4.69) is 39.1 Å². The fraction of sp³-hybridized carbons (Fsp3) is 0.500. The molecule has 2 atom stereocenters. The van der Waals surface area contributed by atoms with Gasteiger partial charge in [0.1, 0.15) is 11.6 Å². The smallest absolute Gasteiger partial charge is 0.144 e. The fourth-order valence-electron chi connectivity index (χ4n) is 2.85. The highest BCUT2D eigenvalue weighted by atomic mass is 16.5. The molecule has 2 aromatic rings. The summed E-state index contributed by atoms with van der Waals surface area (Å²) < 4.78 is 7.82. The Kier molecular flexibility index (Phi) is 4.31. The van der Waals surface area contributed by atoms with Gasteiger partial charge in [-0.1, -0.05) is 25.1 Å². The molecule has 0 saturated carbocycles. The number of ether oxygens (including phenoxy) is 1. The van der Waals surface area contributed by atoms with Gasteiger partial charge in [0.25, 0.3) is 0 Å². The minimum absolute atomic E-state index is 0.248. The van der Waals surface area contributed by atoms with Gasteiger partial charge in [-0.05, 0) is 32.0 Å². The Bertz CT molecular complexity index is 581. The molecule has 1 fully saturated rings. The van der Waals surface area contributed by atoms with Crippen molar-refractivity contribution >= 4 is 0 Å². The molecule has 0 radical (unpaired) electrons. The average Bonchev–Trinajstić information content (AvgIpc) is 3.12. The number of nitrogens with one attached hydrogen (secondary N) is 1. The highest BCUT2D eigenvalue weighted by Crippen LogP contribution is 2.27. The molecule has 0 aliphatic carbocycles. The predicted molar refractivity (Wildman–Crippen MR) is 81.7 cm³/mol. The van der Waals surface area contributed by atoms with E-state index < -0.39 is 0 Å². The Balaban J connectivity index is 1.92. The van der Waals surface area contributed by atoms with Crippen LogP contribution in [0, 0.1) is 6.92 Å². The maximum atomic E-state index is 5.68. The van der Waals surface area contributed by atoms with Gasteiger partial charge in [0.15, 0.2) is 0 Å². The summed E-state index contributed by atoms with van der Waals surface area (Å²) in [5, 5.41) is 12.3. The summed E-state index contributed by atoms with van der Waals surface area (Å²) in [7, 11) is 0. The van der Waals surface area contributed by atoms with Gasteiger partial charge in [-0.15, -0.1) is 10.2 Å². The molecular weight excluding hydrogens is 264 g/mol. The van der Waals surface area contributed by atoms with Crippen molar-refractivity contribution in [2.24, 2.45) is 0 Å². The largest absolute Gasteiger partial charge is 0.379 e. The number of hydrogen-bond acceptors (Lipinski definition) is 4. The van der Waals surface area contributed by atoms with Crippen molar-refractivity contribution in [2.45, 2.75) is 32.2 Å². The first-order valence-corrected chi connectivity index (χ1v) is 7.59. The summed E-state index contributed by atoms with van der Waals surface area (Å²) >= 11 is 0. The average molecular weight is 286 g/mol. The maximum absolute atomic E-state index is 5.68. The number of nitrogens with zero attached hydrogens (tertiary/aromatic N) is 3. The zero-order chi connectivity index (χ0) is 14.7. The van der Waals surface area contributed by atoms with Gasteiger partial charge < -0.3 is 10.1 Å². The van der Waals surface area contributed by atoms with Crippen LogP contribution in [0.5, 0.6) is 0 Å². The molecule has 1 N–H and O–H groups in total. The van der Waals surface area contributed by atoms with Crippen LogP contribution in [0.4, 0.5) is 0 Å². The Morgan fingerprint density at radius 3 is 2.81 bits per heavy atom. The second-order valence-electron chi connectivity index (χ2n) is 5.48. The molecule has 0 amide bonds. The van der Waals surface area contributed by atoms with Gasteiger partial charge in [0.05, 0.1) is 19.1 Å². The van der Waals surface area contributed by atoms with Crippen molar-refractivity contribution in [3.05, 3.63) is 42.0 Å². The van der Waals surface area contributed by atoms with Gasteiger partial charge in [-0.3, -0.25) is 4.57 Å². The maximum Gasteiger partial charge on any atom is 0.144 e. The molecule has 0 bridgehead atoms. The first-order chi connectivity index (χ1) is 10.3. The van der Waals surface area contributed by atoms with E-state index in [1.54, 1.807) is 0 Å². The third-order valence-corrected chi connectivity index (χ3v) is 3.93. The summed E-state index contributed by atoms with van der Waals surface area (Å²) in [6.45, 7) is 6.61. The highest BCUT2D eigenvalue weighted by molar-refractivity contribution is 5.34. The Morgan fingerprint density at radius 1 is 1.24 bits per heavy atom. The van der Waals surface area contributed by atoms with E-state index in [0.29, 0.717) is 12.6 Å². The monoisotopic (exact) mass is 286 g/mol. The van der Waals surface area contributed by atoms with Crippen molar-refractivity contribution in [3.8, 4) is 5.69 Å². The van der Waals surface area contributed by atoms with Crippen molar-refractivity contribution < 1.29 is 4.74 Å². The quantitative estimate of drug-likeness (QED) is 0.914. The molecule has 1 aliphatic heterocycles. The molecule has 3 rings (SSSR count). The van der Waals surface area contributed by atoms with Crippen LogP contribution in [-0.2, 0) is 4.74 Å². The number of hydrogen-bond donors (Lipinski definition) is 1. The van der Waals surface area contributed by atoms with Crippen LogP contribution in [0.2, 0.25) is 0 Å². The molecular formula is C16H22N4O. The van der Waals surface area contributed by atoms with Gasteiger partial charge in [0, 0.05) is 11.7 Å². The van der Waals surface area contributed by atoms with Gasteiger partial charge in [0.2, 0.25) is 0 Å². The normalized spacial score (nSPS) is 21.8. The summed E-state index contributed by atoms with van der Waals surface area (Å²) in [4.78, 5) is 0. The fourth-order valence-corrected chi connectivity index (χ4v) is 2.85.